The van der Waals surface area contributed by atoms with Crippen LogP contribution in [0.15, 0.2) is 17.2 Å². The summed E-state index contributed by atoms with van der Waals surface area (Å²) in [4.78, 5) is 17.6. The largest absolute Gasteiger partial charge is 0.361 e. The van der Waals surface area contributed by atoms with Crippen LogP contribution in [0.25, 0.3) is 10.7 Å². The van der Waals surface area contributed by atoms with E-state index in [1.807, 2.05) is 25.3 Å². The van der Waals surface area contributed by atoms with Crippen LogP contribution in [0.1, 0.15) is 22.7 Å². The average Bonchev–Trinajstić information content (AvgIpc) is 3.28. The van der Waals surface area contributed by atoms with Crippen molar-refractivity contribution in [1.82, 2.24) is 24.9 Å². The van der Waals surface area contributed by atoms with Gasteiger partial charge in [0, 0.05) is 17.9 Å². The van der Waals surface area contributed by atoms with Crippen LogP contribution in [0.2, 0.25) is 0 Å². The Kier molecular flexibility index (Phi) is 6.47. The van der Waals surface area contributed by atoms with Gasteiger partial charge in [-0.2, -0.15) is 5.10 Å². The van der Waals surface area contributed by atoms with Gasteiger partial charge in [-0.25, -0.2) is 4.98 Å². The smallest absolute Gasteiger partial charge is 0.236 e. The Hall–Kier alpha value is -2.24. The van der Waals surface area contributed by atoms with E-state index in [1.54, 1.807) is 6.08 Å². The number of hydrogen-bond donors (Lipinski definition) is 2. The first-order chi connectivity index (χ1) is 13.4. The number of allylic oxidation sites excluding steroid dienone is 1. The van der Waals surface area contributed by atoms with Gasteiger partial charge in [-0.1, -0.05) is 22.6 Å². The molecule has 0 saturated heterocycles. The number of aryl methyl sites for hydroxylation is 3. The molecule has 0 fully saturated rings. The van der Waals surface area contributed by atoms with Gasteiger partial charge in [0.2, 0.25) is 5.91 Å². The summed E-state index contributed by atoms with van der Waals surface area (Å²) in [7, 11) is 0. The number of amides is 1. The van der Waals surface area contributed by atoms with Crippen LogP contribution in [0.4, 0.5) is 5.13 Å². The third-order valence-corrected chi connectivity index (χ3v) is 6.32. The molecule has 148 valence electrons. The number of carbonyl (C=O) groups is 1. The first kappa shape index (κ1) is 20.5. The summed E-state index contributed by atoms with van der Waals surface area (Å²) in [5.41, 5.74) is 2.68. The molecule has 0 radical (unpaired) electrons. The number of thiazole rings is 1. The van der Waals surface area contributed by atoms with Crippen LogP contribution in [-0.2, 0) is 17.1 Å². The molecular weight excluding hydrogens is 416 g/mol. The molecule has 0 aliphatic carbocycles. The fourth-order valence-electron chi connectivity index (χ4n) is 2.56. The van der Waals surface area contributed by atoms with Crippen molar-refractivity contribution in [2.24, 2.45) is 0 Å². The van der Waals surface area contributed by atoms with E-state index in [0.717, 1.165) is 27.6 Å². The maximum atomic E-state index is 12.3. The lowest BCUT2D eigenvalue weighted by Crippen LogP contribution is -2.14. The summed E-state index contributed by atoms with van der Waals surface area (Å²) in [6.07, 6.45) is 1.75. The van der Waals surface area contributed by atoms with Crippen molar-refractivity contribution in [2.45, 2.75) is 33.1 Å². The molecule has 8 nitrogen and oxygen atoms in total. The third-order valence-electron chi connectivity index (χ3n) is 3.98. The van der Waals surface area contributed by atoms with Crippen molar-refractivity contribution in [3.05, 3.63) is 40.1 Å². The van der Waals surface area contributed by atoms with Gasteiger partial charge in [-0.05, 0) is 33.0 Å². The number of hydrogen-bond acceptors (Lipinski definition) is 8. The normalized spacial score (nSPS) is 11.0. The topological polar surface area (TPSA) is 102 Å². The number of nitrogens with one attached hydrogen (secondary N) is 2. The number of nitrogens with zero attached hydrogens (tertiary/aromatic N) is 4. The molecule has 0 aliphatic rings. The molecule has 3 aromatic heterocycles. The molecule has 0 aromatic carbocycles. The lowest BCUT2D eigenvalue weighted by Gasteiger charge is -2.02. The van der Waals surface area contributed by atoms with Crippen molar-refractivity contribution in [2.75, 3.05) is 11.1 Å². The maximum absolute atomic E-state index is 12.3. The Morgan fingerprint density at radius 1 is 1.43 bits per heavy atom. The number of rotatable bonds is 8. The maximum Gasteiger partial charge on any atom is 0.236 e. The number of anilines is 1. The minimum Gasteiger partial charge on any atom is -0.361 e. The third kappa shape index (κ3) is 4.42. The van der Waals surface area contributed by atoms with Crippen molar-refractivity contribution in [3.63, 3.8) is 0 Å². The predicted octanol–water partition coefficient (Wildman–Crippen LogP) is 4.04. The lowest BCUT2D eigenvalue weighted by molar-refractivity contribution is -0.113. The molecule has 0 aliphatic heterocycles. The highest BCUT2D eigenvalue weighted by molar-refractivity contribution is 7.99. The van der Waals surface area contributed by atoms with Crippen molar-refractivity contribution in [1.29, 1.82) is 0 Å². The predicted molar refractivity (Wildman–Crippen MR) is 114 cm³/mol. The molecule has 3 aromatic rings. The minimum absolute atomic E-state index is 0.109. The highest BCUT2D eigenvalue weighted by Crippen LogP contribution is 2.31. The Morgan fingerprint density at radius 3 is 2.89 bits per heavy atom. The fraction of sp³-hybridized carbons (Fsp3) is 0.353. The molecule has 3 rings (SSSR count). The molecule has 3 heterocycles. The van der Waals surface area contributed by atoms with E-state index in [2.05, 4.69) is 32.2 Å². The van der Waals surface area contributed by atoms with E-state index in [1.165, 1.54) is 23.1 Å². The Morgan fingerprint density at radius 2 is 2.21 bits per heavy atom. The zero-order valence-corrected chi connectivity index (χ0v) is 18.2. The first-order valence-corrected chi connectivity index (χ1v) is 10.8. The van der Waals surface area contributed by atoms with Crippen LogP contribution in [-0.4, -0.2) is 36.6 Å². The van der Waals surface area contributed by atoms with Crippen molar-refractivity contribution < 1.29 is 9.32 Å². The van der Waals surface area contributed by atoms with E-state index >= 15 is 0 Å². The number of aromatic nitrogens is 5. The van der Waals surface area contributed by atoms with Gasteiger partial charge in [-0.3, -0.25) is 14.5 Å². The molecule has 0 saturated carbocycles. The quantitative estimate of drug-likeness (QED) is 0.406. The van der Waals surface area contributed by atoms with Crippen LogP contribution < -0.4 is 5.32 Å². The Bertz CT molecular complexity index is 1040. The zero-order valence-electron chi connectivity index (χ0n) is 15.7. The number of thioether (sulfide) groups is 1. The van der Waals surface area contributed by atoms with E-state index in [-0.39, 0.29) is 5.91 Å². The van der Waals surface area contributed by atoms with Crippen LogP contribution in [0.3, 0.4) is 0 Å². The second-order valence-electron chi connectivity index (χ2n) is 6.03. The molecule has 1 amide bonds. The van der Waals surface area contributed by atoms with Crippen LogP contribution in [0.5, 0.6) is 0 Å². The van der Waals surface area contributed by atoms with Crippen LogP contribution in [0, 0.1) is 25.5 Å². The van der Waals surface area contributed by atoms with Crippen molar-refractivity contribution in [3.8, 4) is 10.7 Å². The summed E-state index contributed by atoms with van der Waals surface area (Å²) in [5, 5.41) is 14.4. The lowest BCUT2D eigenvalue weighted by atomic mass is 10.2. The van der Waals surface area contributed by atoms with Gasteiger partial charge >= 0.3 is 0 Å². The fourth-order valence-corrected chi connectivity index (χ4v) is 4.72. The van der Waals surface area contributed by atoms with Gasteiger partial charge in [0.25, 0.3) is 0 Å². The summed E-state index contributed by atoms with van der Waals surface area (Å²) in [6, 6.07) is 0. The van der Waals surface area contributed by atoms with Crippen LogP contribution >= 0.6 is 35.3 Å². The SMILES string of the molecule is C=CCn1c(-c2sc(NC(=O)CSCc3c(C)noc3C)nc2C)n[nH]c1=S. The van der Waals surface area contributed by atoms with E-state index in [9.17, 15) is 4.79 Å². The van der Waals surface area contributed by atoms with Gasteiger partial charge in [-0.15, -0.1) is 18.3 Å². The molecule has 0 unspecified atom stereocenters. The monoisotopic (exact) mass is 436 g/mol. The zero-order chi connectivity index (χ0) is 20.3. The molecule has 2 N–H and O–H groups in total. The summed E-state index contributed by atoms with van der Waals surface area (Å²) in [5.74, 6) is 2.36. The van der Waals surface area contributed by atoms with Gasteiger partial charge in [0.15, 0.2) is 15.7 Å². The molecule has 0 atom stereocenters. The average molecular weight is 437 g/mol. The van der Waals surface area contributed by atoms with Gasteiger partial charge in [0.1, 0.15) is 5.76 Å². The highest BCUT2D eigenvalue weighted by atomic mass is 32.2. The first-order valence-electron chi connectivity index (χ1n) is 8.44. The highest BCUT2D eigenvalue weighted by Gasteiger charge is 2.17. The Balaban J connectivity index is 1.64. The minimum atomic E-state index is -0.109. The van der Waals surface area contributed by atoms with Crippen molar-refractivity contribution >= 4 is 46.4 Å². The van der Waals surface area contributed by atoms with E-state index in [0.29, 0.717) is 33.8 Å². The molecule has 11 heteroatoms. The number of H-pyrrole nitrogens is 1. The van der Waals surface area contributed by atoms with Gasteiger partial charge in [0.05, 0.1) is 22.0 Å². The Labute approximate surface area is 175 Å². The summed E-state index contributed by atoms with van der Waals surface area (Å²) >= 11 is 8.13. The summed E-state index contributed by atoms with van der Waals surface area (Å²) < 4.78 is 7.50. The summed E-state index contributed by atoms with van der Waals surface area (Å²) in [6.45, 7) is 9.94. The number of carbonyl (C=O) groups excluding carboxylic acids is 1. The molecule has 28 heavy (non-hydrogen) atoms. The van der Waals surface area contributed by atoms with Gasteiger partial charge < -0.3 is 9.84 Å². The molecular formula is C17H20N6O2S3. The second kappa shape index (κ2) is 8.84. The van der Waals surface area contributed by atoms with E-state index in [4.69, 9.17) is 16.7 Å². The van der Waals surface area contributed by atoms with E-state index < -0.39 is 0 Å². The number of aromatic amines is 1. The molecule has 0 bridgehead atoms. The standard InChI is InChI=1S/C17H20N6O2S3/c1-5-6-23-15(20-21-17(23)26)14-10(3)18-16(28-14)19-13(24)8-27-7-12-9(2)22-25-11(12)4/h5H,1,6-8H2,2-4H3,(H,21,26)(H,18,19,24). The second-order valence-corrected chi connectivity index (χ2v) is 8.40. The molecule has 0 spiro atoms.